The monoisotopic (exact) mass is 275 g/mol. The molecule has 1 aliphatic rings. The first-order valence-electron chi connectivity index (χ1n) is 7.86. The predicted molar refractivity (Wildman–Crippen MR) is 86.2 cm³/mol. The third-order valence-electron chi connectivity index (χ3n) is 4.27. The van der Waals surface area contributed by atoms with E-state index in [0.29, 0.717) is 6.04 Å². The summed E-state index contributed by atoms with van der Waals surface area (Å²) in [7, 11) is 2.21. The first-order valence-corrected chi connectivity index (χ1v) is 7.86. The normalized spacial score (nSPS) is 19.1. The van der Waals surface area contributed by atoms with Crippen molar-refractivity contribution >= 4 is 0 Å². The molecule has 0 aromatic heterocycles. The van der Waals surface area contributed by atoms with Crippen LogP contribution in [0.2, 0.25) is 0 Å². The number of nitrogens with zero attached hydrogens (tertiary/aromatic N) is 2. The van der Waals surface area contributed by atoms with E-state index < -0.39 is 0 Å². The molecular formula is C17H29N3. The van der Waals surface area contributed by atoms with Gasteiger partial charge in [0.25, 0.3) is 0 Å². The van der Waals surface area contributed by atoms with Crippen molar-refractivity contribution in [2.75, 3.05) is 46.3 Å². The van der Waals surface area contributed by atoms with E-state index in [1.54, 1.807) is 0 Å². The lowest BCUT2D eigenvalue weighted by atomic mass is 10.1. The molecule has 1 aromatic rings. The zero-order valence-corrected chi connectivity index (χ0v) is 13.2. The molecule has 0 bridgehead atoms. The van der Waals surface area contributed by atoms with Crippen molar-refractivity contribution in [3.05, 3.63) is 35.4 Å². The van der Waals surface area contributed by atoms with Crippen LogP contribution in [0.3, 0.4) is 0 Å². The maximum atomic E-state index is 3.63. The molecule has 1 heterocycles. The summed E-state index contributed by atoms with van der Waals surface area (Å²) in [5.41, 5.74) is 2.71. The van der Waals surface area contributed by atoms with Gasteiger partial charge in [-0.05, 0) is 46.0 Å². The molecule has 3 heteroatoms. The van der Waals surface area contributed by atoms with Crippen LogP contribution in [0.25, 0.3) is 0 Å². The molecule has 0 saturated carbocycles. The summed E-state index contributed by atoms with van der Waals surface area (Å²) < 4.78 is 0. The Balaban J connectivity index is 1.62. The predicted octanol–water partition coefficient (Wildman–Crippen LogP) is 2.28. The first kappa shape index (κ1) is 15.5. The fraction of sp³-hybridized carbons (Fsp3) is 0.647. The summed E-state index contributed by atoms with van der Waals surface area (Å²) in [6.45, 7) is 11.6. The van der Waals surface area contributed by atoms with Crippen LogP contribution in [0, 0.1) is 6.92 Å². The molecule has 0 aliphatic carbocycles. The van der Waals surface area contributed by atoms with Crippen molar-refractivity contribution in [2.45, 2.75) is 26.3 Å². The minimum atomic E-state index is 0.447. The van der Waals surface area contributed by atoms with Crippen LogP contribution >= 0.6 is 0 Å². The fourth-order valence-electron chi connectivity index (χ4n) is 2.67. The summed E-state index contributed by atoms with van der Waals surface area (Å²) in [6.07, 6.45) is 1.24. The van der Waals surface area contributed by atoms with Gasteiger partial charge >= 0.3 is 0 Å². The molecule has 1 N–H and O–H groups in total. The van der Waals surface area contributed by atoms with Crippen molar-refractivity contribution in [1.82, 2.24) is 15.1 Å². The number of benzene rings is 1. The number of aryl methyl sites for hydroxylation is 1. The van der Waals surface area contributed by atoms with Gasteiger partial charge in [0.05, 0.1) is 0 Å². The lowest BCUT2D eigenvalue weighted by Gasteiger charge is -2.32. The van der Waals surface area contributed by atoms with E-state index in [4.69, 9.17) is 0 Å². The topological polar surface area (TPSA) is 18.5 Å². The molecular weight excluding hydrogens is 246 g/mol. The van der Waals surface area contributed by atoms with E-state index in [9.17, 15) is 0 Å². The molecule has 1 aromatic carbocycles. The average Bonchev–Trinajstić information content (AvgIpc) is 2.46. The van der Waals surface area contributed by atoms with Gasteiger partial charge < -0.3 is 15.1 Å². The van der Waals surface area contributed by atoms with Gasteiger partial charge in [-0.3, -0.25) is 0 Å². The van der Waals surface area contributed by atoms with Crippen molar-refractivity contribution in [2.24, 2.45) is 0 Å². The third kappa shape index (κ3) is 4.89. The summed E-state index contributed by atoms with van der Waals surface area (Å²) >= 11 is 0. The zero-order valence-electron chi connectivity index (χ0n) is 13.2. The largest absolute Gasteiger partial charge is 0.310 e. The lowest BCUT2D eigenvalue weighted by molar-refractivity contribution is 0.152. The van der Waals surface area contributed by atoms with Gasteiger partial charge in [-0.15, -0.1) is 0 Å². The van der Waals surface area contributed by atoms with Crippen molar-refractivity contribution in [3.8, 4) is 0 Å². The molecule has 0 amide bonds. The van der Waals surface area contributed by atoms with Gasteiger partial charge in [-0.2, -0.15) is 0 Å². The number of hydrogen-bond donors (Lipinski definition) is 1. The summed E-state index contributed by atoms with van der Waals surface area (Å²) in [5, 5.41) is 3.63. The quantitative estimate of drug-likeness (QED) is 0.804. The Morgan fingerprint density at radius 3 is 2.40 bits per heavy atom. The molecule has 0 radical (unpaired) electrons. The number of rotatable bonds is 6. The molecule has 1 atom stereocenters. The van der Waals surface area contributed by atoms with Gasteiger partial charge in [-0.1, -0.05) is 29.8 Å². The van der Waals surface area contributed by atoms with Gasteiger partial charge in [0.15, 0.2) is 0 Å². The third-order valence-corrected chi connectivity index (χ3v) is 4.27. The highest BCUT2D eigenvalue weighted by atomic mass is 15.2. The van der Waals surface area contributed by atoms with Crippen molar-refractivity contribution in [3.63, 3.8) is 0 Å². The van der Waals surface area contributed by atoms with Crippen molar-refractivity contribution < 1.29 is 0 Å². The SMILES string of the molecule is Cc1ccc(C(C)NCCCN2CCN(C)CC2)cc1. The highest BCUT2D eigenvalue weighted by Gasteiger charge is 2.12. The molecule has 1 aliphatic heterocycles. The van der Waals surface area contributed by atoms with Gasteiger partial charge in [-0.25, -0.2) is 0 Å². The van der Waals surface area contributed by atoms with Crippen LogP contribution in [0.1, 0.15) is 30.5 Å². The zero-order chi connectivity index (χ0) is 14.4. The molecule has 0 spiro atoms. The Hall–Kier alpha value is -0.900. The highest BCUT2D eigenvalue weighted by Crippen LogP contribution is 2.12. The Bertz CT molecular complexity index is 380. The molecule has 3 nitrogen and oxygen atoms in total. The number of nitrogens with one attached hydrogen (secondary N) is 1. The second-order valence-electron chi connectivity index (χ2n) is 6.08. The maximum absolute atomic E-state index is 3.63. The lowest BCUT2D eigenvalue weighted by Crippen LogP contribution is -2.45. The molecule has 2 rings (SSSR count). The number of likely N-dealkylation sites (N-methyl/N-ethyl adjacent to an activating group) is 1. The van der Waals surface area contributed by atoms with E-state index in [2.05, 4.69) is 60.3 Å². The smallest absolute Gasteiger partial charge is 0.0291 e. The van der Waals surface area contributed by atoms with Crippen LogP contribution < -0.4 is 5.32 Å². The van der Waals surface area contributed by atoms with E-state index in [1.807, 2.05) is 0 Å². The molecule has 20 heavy (non-hydrogen) atoms. The van der Waals surface area contributed by atoms with Crippen LogP contribution in [-0.4, -0.2) is 56.1 Å². The minimum absolute atomic E-state index is 0.447. The van der Waals surface area contributed by atoms with E-state index in [-0.39, 0.29) is 0 Å². The molecule has 112 valence electrons. The Morgan fingerprint density at radius 2 is 1.75 bits per heavy atom. The number of hydrogen-bond acceptors (Lipinski definition) is 3. The number of piperazine rings is 1. The van der Waals surface area contributed by atoms with Crippen LogP contribution in [0.15, 0.2) is 24.3 Å². The second-order valence-corrected chi connectivity index (χ2v) is 6.08. The summed E-state index contributed by atoms with van der Waals surface area (Å²) in [4.78, 5) is 4.99. The molecule has 1 fully saturated rings. The summed E-state index contributed by atoms with van der Waals surface area (Å²) in [5.74, 6) is 0. The van der Waals surface area contributed by atoms with Crippen LogP contribution in [0.5, 0.6) is 0 Å². The van der Waals surface area contributed by atoms with Crippen LogP contribution in [-0.2, 0) is 0 Å². The first-order chi connectivity index (χ1) is 9.65. The Kier molecular flexibility index (Phi) is 6.02. The second kappa shape index (κ2) is 7.77. The fourth-order valence-corrected chi connectivity index (χ4v) is 2.67. The maximum Gasteiger partial charge on any atom is 0.0291 e. The van der Waals surface area contributed by atoms with Gasteiger partial charge in [0.2, 0.25) is 0 Å². The summed E-state index contributed by atoms with van der Waals surface area (Å²) in [6, 6.07) is 9.29. The standard InChI is InChI=1S/C17H29N3/c1-15-5-7-17(8-6-15)16(2)18-9-4-10-20-13-11-19(3)12-14-20/h5-8,16,18H,4,9-14H2,1-3H3. The molecule has 1 saturated heterocycles. The van der Waals surface area contributed by atoms with Gasteiger partial charge in [0.1, 0.15) is 0 Å². The van der Waals surface area contributed by atoms with E-state index in [1.165, 1.54) is 50.3 Å². The van der Waals surface area contributed by atoms with Gasteiger partial charge in [0, 0.05) is 32.2 Å². The van der Waals surface area contributed by atoms with E-state index in [0.717, 1.165) is 6.54 Å². The molecule has 1 unspecified atom stereocenters. The highest BCUT2D eigenvalue weighted by molar-refractivity contribution is 5.23. The van der Waals surface area contributed by atoms with E-state index >= 15 is 0 Å². The average molecular weight is 275 g/mol. The minimum Gasteiger partial charge on any atom is -0.310 e. The Morgan fingerprint density at radius 1 is 1.10 bits per heavy atom. The van der Waals surface area contributed by atoms with Crippen molar-refractivity contribution in [1.29, 1.82) is 0 Å². The van der Waals surface area contributed by atoms with Crippen LogP contribution in [0.4, 0.5) is 0 Å². The Labute approximate surface area is 124 Å².